The minimum atomic E-state index is -0.328. The largest absolute Gasteiger partial charge is 1.00 e. The summed E-state index contributed by atoms with van der Waals surface area (Å²) >= 11 is 0. The number of benzene rings is 2. The van der Waals surface area contributed by atoms with Crippen molar-refractivity contribution in [3.05, 3.63) is 90.0 Å². The van der Waals surface area contributed by atoms with Gasteiger partial charge in [0, 0.05) is 31.6 Å². The summed E-state index contributed by atoms with van der Waals surface area (Å²) in [6.45, 7) is 6.30. The molecule has 0 aliphatic carbocycles. The zero-order valence-corrected chi connectivity index (χ0v) is 19.2. The third kappa shape index (κ3) is 4.69. The summed E-state index contributed by atoms with van der Waals surface area (Å²) in [6.07, 6.45) is 0. The fourth-order valence-electron chi connectivity index (χ4n) is 2.71. The van der Waals surface area contributed by atoms with Gasteiger partial charge in [0.05, 0.1) is 12.6 Å². The van der Waals surface area contributed by atoms with Crippen LogP contribution in [-0.4, -0.2) is 21.7 Å². The maximum absolute atomic E-state index is 12.9. The zero-order chi connectivity index (χ0) is 17.1. The Bertz CT molecular complexity index is 768. The first-order chi connectivity index (χ1) is 11.6. The molecule has 1 fully saturated rings. The minimum absolute atomic E-state index is 0. The summed E-state index contributed by atoms with van der Waals surface area (Å²) in [4.78, 5) is 28.2. The zero-order valence-electron chi connectivity index (χ0n) is 14.7. The van der Waals surface area contributed by atoms with Gasteiger partial charge in [0.2, 0.25) is 0 Å². The molecule has 0 spiro atoms. The maximum atomic E-state index is 12.9. The van der Waals surface area contributed by atoms with E-state index in [4.69, 9.17) is 0 Å². The molecule has 0 bridgehead atoms. The van der Waals surface area contributed by atoms with Crippen LogP contribution in [0.3, 0.4) is 0 Å². The van der Waals surface area contributed by atoms with Gasteiger partial charge in [-0.15, -0.1) is 0 Å². The van der Waals surface area contributed by atoms with Gasteiger partial charge in [0.15, 0.2) is 0 Å². The number of rotatable bonds is 4. The van der Waals surface area contributed by atoms with Crippen molar-refractivity contribution >= 4 is 11.9 Å². The molecule has 0 aromatic heterocycles. The predicted molar refractivity (Wildman–Crippen MR) is 92.4 cm³/mol. The van der Waals surface area contributed by atoms with E-state index in [0.29, 0.717) is 18.2 Å². The molecule has 2 aromatic carbocycles. The van der Waals surface area contributed by atoms with Crippen molar-refractivity contribution in [2.24, 2.45) is 0 Å². The van der Waals surface area contributed by atoms with Crippen LogP contribution in [0.25, 0.3) is 0 Å². The van der Waals surface area contributed by atoms with Crippen molar-refractivity contribution in [2.45, 2.75) is 20.0 Å². The molecule has 0 N–H and O–H groups in total. The van der Waals surface area contributed by atoms with Crippen LogP contribution in [0.5, 0.6) is 0 Å². The molecule has 4 nitrogen and oxygen atoms in total. The summed E-state index contributed by atoms with van der Waals surface area (Å²) in [6, 6.07) is 19.5. The van der Waals surface area contributed by atoms with Crippen LogP contribution < -0.4 is 17.0 Å². The van der Waals surface area contributed by atoms with E-state index in [1.807, 2.05) is 60.7 Å². The van der Waals surface area contributed by atoms with Crippen LogP contribution in [-0.2, 0) is 37.4 Å². The molecule has 6 heteroatoms. The van der Waals surface area contributed by atoms with Crippen molar-refractivity contribution < 1.29 is 46.0 Å². The molecule has 0 atom stereocenters. The molecule has 1 heterocycles. The van der Waals surface area contributed by atoms with Crippen LogP contribution in [0.15, 0.2) is 72.8 Å². The topological polar surface area (TPSA) is 40.6 Å². The van der Waals surface area contributed by atoms with E-state index < -0.39 is 0 Å². The second kappa shape index (κ2) is 9.79. The van der Waals surface area contributed by atoms with Crippen molar-refractivity contribution in [1.29, 1.82) is 0 Å². The quantitative estimate of drug-likeness (QED) is 0.495. The van der Waals surface area contributed by atoms with Gasteiger partial charge in [-0.1, -0.05) is 67.2 Å². The van der Waals surface area contributed by atoms with E-state index in [1.54, 1.807) is 11.8 Å². The number of hydrogen-bond acceptors (Lipinski definition) is 2. The fraction of sp³-hybridized carbons (Fsp3) is 0.150. The first-order valence-corrected chi connectivity index (χ1v) is 7.82. The smallest absolute Gasteiger partial charge is 0.328 e. The first-order valence-electron chi connectivity index (χ1n) is 7.82. The standard InChI is InChI=1S/C20H19N2O2.BrH.Zn/c1-15-16(2)21(13-17-9-5-3-6-10-17)20(24)22(19(15)23)14-18-11-7-4-8-12-18;;/h3-12H,1,13-14H2,2H3;1H;/p-1. The van der Waals surface area contributed by atoms with Crippen LogP contribution in [0, 0.1) is 6.04 Å². The Hall–Kier alpha value is -1.78. The first kappa shape index (κ1) is 22.3. The summed E-state index contributed by atoms with van der Waals surface area (Å²) < 4.78 is 0. The molecule has 1 saturated heterocycles. The molecule has 1 aliphatic rings. The van der Waals surface area contributed by atoms with Crippen molar-refractivity contribution in [1.82, 2.24) is 9.80 Å². The molecule has 3 rings (SSSR count). The van der Waals surface area contributed by atoms with Gasteiger partial charge < -0.3 is 21.9 Å². The van der Waals surface area contributed by atoms with Gasteiger partial charge in [-0.3, -0.25) is 9.69 Å². The maximum Gasteiger partial charge on any atom is 0.328 e. The monoisotopic (exact) mass is 462 g/mol. The van der Waals surface area contributed by atoms with Gasteiger partial charge >= 0.3 is 6.03 Å². The van der Waals surface area contributed by atoms with Crippen LogP contribution >= 0.6 is 0 Å². The normalized spacial score (nSPS) is 14.7. The average Bonchev–Trinajstić information content (AvgIpc) is 2.62. The molecule has 3 amide bonds. The Labute approximate surface area is 177 Å². The van der Waals surface area contributed by atoms with Crippen molar-refractivity contribution in [3.63, 3.8) is 0 Å². The summed E-state index contributed by atoms with van der Waals surface area (Å²) in [5.41, 5.74) is 2.28. The summed E-state index contributed by atoms with van der Waals surface area (Å²) in [5.74, 6) is -0.328. The third-order valence-electron chi connectivity index (χ3n) is 4.17. The number of amides is 3. The van der Waals surface area contributed by atoms with Gasteiger partial charge in [-0.2, -0.15) is 0 Å². The molecule has 1 radical (unpaired) electrons. The average molecular weight is 465 g/mol. The van der Waals surface area contributed by atoms with E-state index in [-0.39, 0.29) is 54.9 Å². The molecular weight excluding hydrogens is 446 g/mol. The Morgan fingerprint density at radius 1 is 0.808 bits per heavy atom. The third-order valence-corrected chi connectivity index (χ3v) is 4.17. The van der Waals surface area contributed by atoms with Crippen molar-refractivity contribution in [3.8, 4) is 0 Å². The van der Waals surface area contributed by atoms with Crippen LogP contribution in [0.2, 0.25) is 0 Å². The summed E-state index contributed by atoms with van der Waals surface area (Å²) in [7, 11) is 0. The number of hydrogen-bond donors (Lipinski definition) is 0. The molecule has 1 aliphatic heterocycles. The van der Waals surface area contributed by atoms with Gasteiger partial charge in [-0.25, -0.2) is 4.79 Å². The Morgan fingerprint density at radius 3 is 1.69 bits per heavy atom. The van der Waals surface area contributed by atoms with Crippen molar-refractivity contribution in [2.75, 3.05) is 0 Å². The van der Waals surface area contributed by atoms with E-state index >= 15 is 0 Å². The molecule has 2 aromatic rings. The van der Waals surface area contributed by atoms with E-state index in [1.165, 1.54) is 4.90 Å². The predicted octanol–water partition coefficient (Wildman–Crippen LogP) is 0.761. The van der Waals surface area contributed by atoms with Gasteiger partial charge in [-0.05, 0) is 18.1 Å². The molecular formula is C20H19BrN2O2Zn-. The SMILES string of the molecule is C=C1[C](C)N(Cc2ccccc2)C(=O)N(Cc2ccccc2)C1=O.[Br-].[Zn]. The molecule has 0 unspecified atom stereocenters. The van der Waals surface area contributed by atoms with E-state index in [2.05, 4.69) is 6.58 Å². The van der Waals surface area contributed by atoms with E-state index in [9.17, 15) is 9.59 Å². The summed E-state index contributed by atoms with van der Waals surface area (Å²) in [5, 5.41) is 0. The number of urea groups is 1. The fourth-order valence-corrected chi connectivity index (χ4v) is 2.71. The molecule has 131 valence electrons. The number of nitrogens with zero attached hydrogens (tertiary/aromatic N) is 2. The Morgan fingerprint density at radius 2 is 1.23 bits per heavy atom. The van der Waals surface area contributed by atoms with Crippen LogP contribution in [0.1, 0.15) is 18.1 Å². The number of carbonyl (C=O) groups is 2. The molecule has 26 heavy (non-hydrogen) atoms. The Kier molecular flexibility index (Phi) is 8.39. The second-order valence-corrected chi connectivity index (χ2v) is 5.80. The number of imide groups is 1. The Balaban J connectivity index is 0.00000169. The second-order valence-electron chi connectivity index (χ2n) is 5.80. The van der Waals surface area contributed by atoms with Gasteiger partial charge in [0.1, 0.15) is 0 Å². The van der Waals surface area contributed by atoms with E-state index in [0.717, 1.165) is 11.1 Å². The van der Waals surface area contributed by atoms with Gasteiger partial charge in [0.25, 0.3) is 5.91 Å². The number of carbonyl (C=O) groups excluding carboxylic acids is 2. The molecule has 0 saturated carbocycles. The number of halogens is 1. The van der Waals surface area contributed by atoms with Crippen LogP contribution in [0.4, 0.5) is 4.79 Å². The minimum Gasteiger partial charge on any atom is -1.00 e.